The standard InChI is InChI=1S/C20H18N4O/c1-12-7-13(2)9-14(8-12)18-10-19(24-23-18)21-11-16-15-5-3-4-6-17(15)22-20(16)25/h3-11,16H,1-2H3,(H,22,25)(H,23,24). The van der Waals surface area contributed by atoms with Gasteiger partial charge in [-0.3, -0.25) is 9.89 Å². The molecule has 1 unspecified atom stereocenters. The van der Waals surface area contributed by atoms with Gasteiger partial charge in [0.05, 0.1) is 5.69 Å². The number of benzene rings is 2. The Balaban J connectivity index is 1.59. The highest BCUT2D eigenvalue weighted by atomic mass is 16.2. The van der Waals surface area contributed by atoms with E-state index in [4.69, 9.17) is 0 Å². The Morgan fingerprint density at radius 1 is 1.08 bits per heavy atom. The molecule has 2 aromatic carbocycles. The van der Waals surface area contributed by atoms with Crippen molar-refractivity contribution in [2.45, 2.75) is 19.8 Å². The second-order valence-corrected chi connectivity index (χ2v) is 6.35. The van der Waals surface area contributed by atoms with Gasteiger partial charge in [-0.1, -0.05) is 35.4 Å². The van der Waals surface area contributed by atoms with Crippen LogP contribution in [0.2, 0.25) is 0 Å². The molecule has 5 heteroatoms. The average molecular weight is 330 g/mol. The molecule has 0 radical (unpaired) electrons. The lowest BCUT2D eigenvalue weighted by atomic mass is 10.0. The molecule has 0 aliphatic carbocycles. The number of fused-ring (bicyclic) bond motifs is 1. The first-order valence-electron chi connectivity index (χ1n) is 8.18. The number of carbonyl (C=O) groups is 1. The predicted octanol–water partition coefficient (Wildman–Crippen LogP) is 4.13. The number of aromatic amines is 1. The summed E-state index contributed by atoms with van der Waals surface area (Å²) in [7, 11) is 0. The molecule has 2 N–H and O–H groups in total. The Morgan fingerprint density at radius 2 is 1.84 bits per heavy atom. The molecule has 124 valence electrons. The van der Waals surface area contributed by atoms with Crippen LogP contribution in [0.4, 0.5) is 11.5 Å². The first-order valence-corrected chi connectivity index (χ1v) is 8.18. The van der Waals surface area contributed by atoms with Crippen LogP contribution in [0.5, 0.6) is 0 Å². The van der Waals surface area contributed by atoms with Crippen LogP contribution in [0.25, 0.3) is 11.3 Å². The van der Waals surface area contributed by atoms with E-state index < -0.39 is 0 Å². The summed E-state index contributed by atoms with van der Waals surface area (Å²) in [4.78, 5) is 16.5. The van der Waals surface area contributed by atoms with Crippen molar-refractivity contribution in [1.29, 1.82) is 0 Å². The van der Waals surface area contributed by atoms with Crippen molar-refractivity contribution < 1.29 is 4.79 Å². The van der Waals surface area contributed by atoms with Crippen molar-refractivity contribution in [2.75, 3.05) is 5.32 Å². The van der Waals surface area contributed by atoms with E-state index in [1.807, 2.05) is 30.3 Å². The van der Waals surface area contributed by atoms with Gasteiger partial charge in [0.2, 0.25) is 5.91 Å². The Labute approximate surface area is 145 Å². The minimum absolute atomic E-state index is 0.0602. The number of nitrogens with one attached hydrogen (secondary N) is 2. The maximum absolute atomic E-state index is 12.1. The Kier molecular flexibility index (Phi) is 3.69. The number of carbonyl (C=O) groups excluding carboxylic acids is 1. The third-order valence-electron chi connectivity index (χ3n) is 4.29. The highest BCUT2D eigenvalue weighted by Crippen LogP contribution is 2.31. The van der Waals surface area contributed by atoms with Gasteiger partial charge >= 0.3 is 0 Å². The molecule has 0 saturated carbocycles. The van der Waals surface area contributed by atoms with E-state index >= 15 is 0 Å². The third-order valence-corrected chi connectivity index (χ3v) is 4.29. The first kappa shape index (κ1) is 15.3. The summed E-state index contributed by atoms with van der Waals surface area (Å²) in [5.74, 6) is 0.124. The summed E-state index contributed by atoms with van der Waals surface area (Å²) in [6, 6.07) is 15.9. The second kappa shape index (κ2) is 6.02. The zero-order valence-electron chi connectivity index (χ0n) is 14.1. The van der Waals surface area contributed by atoms with Crippen molar-refractivity contribution in [3.63, 3.8) is 0 Å². The number of aliphatic imine (C=N–C) groups is 1. The molecule has 1 aliphatic rings. The molecule has 3 aromatic rings. The number of rotatable bonds is 3. The number of hydrogen-bond acceptors (Lipinski definition) is 3. The van der Waals surface area contributed by atoms with E-state index in [1.54, 1.807) is 6.21 Å². The number of aryl methyl sites for hydroxylation is 2. The van der Waals surface area contributed by atoms with Crippen LogP contribution in [-0.2, 0) is 4.79 Å². The molecule has 2 heterocycles. The third kappa shape index (κ3) is 2.96. The van der Waals surface area contributed by atoms with Gasteiger partial charge in [-0.15, -0.1) is 0 Å². The van der Waals surface area contributed by atoms with Gasteiger partial charge in [0.25, 0.3) is 0 Å². The molecular formula is C20H18N4O. The van der Waals surface area contributed by atoms with Gasteiger partial charge in [0, 0.05) is 23.5 Å². The van der Waals surface area contributed by atoms with Crippen LogP contribution in [-0.4, -0.2) is 22.3 Å². The number of H-pyrrole nitrogens is 1. The molecule has 5 nitrogen and oxygen atoms in total. The first-order chi connectivity index (χ1) is 12.1. The average Bonchev–Trinajstić information content (AvgIpc) is 3.16. The molecule has 0 saturated heterocycles. The van der Waals surface area contributed by atoms with E-state index in [9.17, 15) is 4.79 Å². The van der Waals surface area contributed by atoms with Crippen molar-refractivity contribution in [1.82, 2.24) is 10.2 Å². The molecule has 1 aromatic heterocycles. The Morgan fingerprint density at radius 3 is 2.64 bits per heavy atom. The topological polar surface area (TPSA) is 70.1 Å². The molecule has 0 bridgehead atoms. The molecule has 1 atom stereocenters. The summed E-state index contributed by atoms with van der Waals surface area (Å²) in [6.45, 7) is 4.14. The van der Waals surface area contributed by atoms with Crippen molar-refractivity contribution in [3.8, 4) is 11.3 Å². The lowest BCUT2D eigenvalue weighted by molar-refractivity contribution is -0.115. The summed E-state index contributed by atoms with van der Waals surface area (Å²) in [6.07, 6.45) is 1.66. The van der Waals surface area contributed by atoms with E-state index in [-0.39, 0.29) is 11.8 Å². The molecule has 4 rings (SSSR count). The minimum atomic E-state index is -0.377. The smallest absolute Gasteiger partial charge is 0.237 e. The fraction of sp³-hybridized carbons (Fsp3) is 0.150. The van der Waals surface area contributed by atoms with E-state index in [0.29, 0.717) is 5.82 Å². The van der Waals surface area contributed by atoms with Crippen molar-refractivity contribution >= 4 is 23.6 Å². The number of aromatic nitrogens is 2. The molecule has 0 spiro atoms. The van der Waals surface area contributed by atoms with Gasteiger partial charge in [0.15, 0.2) is 5.82 Å². The zero-order chi connectivity index (χ0) is 17.4. The van der Waals surface area contributed by atoms with Gasteiger partial charge < -0.3 is 5.32 Å². The Bertz CT molecular complexity index is 967. The number of amides is 1. The molecule has 1 aliphatic heterocycles. The summed E-state index contributed by atoms with van der Waals surface area (Å²) in [5.41, 5.74) is 6.19. The molecule has 1 amide bonds. The largest absolute Gasteiger partial charge is 0.325 e. The summed E-state index contributed by atoms with van der Waals surface area (Å²) >= 11 is 0. The zero-order valence-corrected chi connectivity index (χ0v) is 14.1. The maximum atomic E-state index is 12.1. The number of nitrogens with zero attached hydrogens (tertiary/aromatic N) is 2. The van der Waals surface area contributed by atoms with Crippen molar-refractivity contribution in [2.24, 2.45) is 4.99 Å². The Hall–Kier alpha value is -3.21. The number of anilines is 1. The van der Waals surface area contributed by atoms with Crippen LogP contribution in [0.3, 0.4) is 0 Å². The van der Waals surface area contributed by atoms with Gasteiger partial charge in [-0.05, 0) is 37.6 Å². The monoisotopic (exact) mass is 330 g/mol. The van der Waals surface area contributed by atoms with Crippen molar-refractivity contribution in [3.05, 3.63) is 65.2 Å². The highest BCUT2D eigenvalue weighted by Gasteiger charge is 2.28. The van der Waals surface area contributed by atoms with Gasteiger partial charge in [0.1, 0.15) is 5.92 Å². The fourth-order valence-corrected chi connectivity index (χ4v) is 3.19. The van der Waals surface area contributed by atoms with E-state index in [0.717, 1.165) is 22.5 Å². The fourth-order valence-electron chi connectivity index (χ4n) is 3.19. The van der Waals surface area contributed by atoms with E-state index in [2.05, 4.69) is 52.6 Å². The van der Waals surface area contributed by atoms with Gasteiger partial charge in [-0.25, -0.2) is 4.99 Å². The molecule has 0 fully saturated rings. The number of hydrogen-bond donors (Lipinski definition) is 2. The van der Waals surface area contributed by atoms with Crippen LogP contribution in [0.15, 0.2) is 53.5 Å². The predicted molar refractivity (Wildman–Crippen MR) is 99.5 cm³/mol. The van der Waals surface area contributed by atoms with E-state index in [1.165, 1.54) is 11.1 Å². The van der Waals surface area contributed by atoms with Gasteiger partial charge in [-0.2, -0.15) is 5.10 Å². The highest BCUT2D eigenvalue weighted by molar-refractivity contribution is 6.12. The lowest BCUT2D eigenvalue weighted by Gasteiger charge is -2.01. The SMILES string of the molecule is Cc1cc(C)cc(-c2cc(N=CC3C(=O)Nc4ccccc43)n[nH]2)c1. The minimum Gasteiger partial charge on any atom is -0.325 e. The van der Waals surface area contributed by atoms with Crippen LogP contribution >= 0.6 is 0 Å². The summed E-state index contributed by atoms with van der Waals surface area (Å²) in [5, 5.41) is 10.1. The van der Waals surface area contributed by atoms with Crippen LogP contribution in [0, 0.1) is 13.8 Å². The summed E-state index contributed by atoms with van der Waals surface area (Å²) < 4.78 is 0. The van der Waals surface area contributed by atoms with Crippen LogP contribution in [0.1, 0.15) is 22.6 Å². The molecular weight excluding hydrogens is 312 g/mol. The normalized spacial score (nSPS) is 16.2. The molecule has 25 heavy (non-hydrogen) atoms. The second-order valence-electron chi connectivity index (χ2n) is 6.35. The maximum Gasteiger partial charge on any atom is 0.237 e. The van der Waals surface area contributed by atoms with Crippen LogP contribution < -0.4 is 5.32 Å². The number of para-hydroxylation sites is 1. The quantitative estimate of drug-likeness (QED) is 0.709. The lowest BCUT2D eigenvalue weighted by Crippen LogP contribution is -2.12.